The number of rotatable bonds is 16. The molecule has 0 aromatic rings. The molecule has 2 rings (SSSR count). The highest BCUT2D eigenvalue weighted by molar-refractivity contribution is 4.96. The molecule has 0 aliphatic carbocycles. The summed E-state index contributed by atoms with van der Waals surface area (Å²) in [6.07, 6.45) is 5.24. The fourth-order valence-corrected chi connectivity index (χ4v) is 5.01. The van der Waals surface area contributed by atoms with E-state index in [1.165, 1.54) is 0 Å². The molecule has 9 heteroatoms. The normalized spacial score (nSPS) is 34.7. The van der Waals surface area contributed by atoms with Crippen LogP contribution < -0.4 is 0 Å². The van der Waals surface area contributed by atoms with Crippen LogP contribution in [0, 0.1) is 0 Å². The van der Waals surface area contributed by atoms with Crippen LogP contribution >= 0.6 is 0 Å². The molecule has 2 saturated heterocycles. The van der Waals surface area contributed by atoms with Crippen molar-refractivity contribution in [1.29, 1.82) is 0 Å². The van der Waals surface area contributed by atoms with Gasteiger partial charge in [0.2, 0.25) is 0 Å². The Hall–Kier alpha value is -0.360. The first-order valence-electron chi connectivity index (χ1n) is 13.2. The first kappa shape index (κ1) is 30.9. The van der Waals surface area contributed by atoms with E-state index in [-0.39, 0.29) is 44.3 Å². The molecule has 2 fully saturated rings. The van der Waals surface area contributed by atoms with Gasteiger partial charge >= 0.3 is 0 Å². The van der Waals surface area contributed by atoms with Gasteiger partial charge in [0.1, 0.15) is 13.6 Å². The lowest BCUT2D eigenvalue weighted by Gasteiger charge is -2.37. The van der Waals surface area contributed by atoms with E-state index in [2.05, 4.69) is 6.92 Å². The summed E-state index contributed by atoms with van der Waals surface area (Å²) in [7, 11) is 3.25. The van der Waals surface area contributed by atoms with Crippen LogP contribution in [0.2, 0.25) is 0 Å². The average molecular weight is 507 g/mol. The van der Waals surface area contributed by atoms with Crippen LogP contribution in [0.5, 0.6) is 0 Å². The summed E-state index contributed by atoms with van der Waals surface area (Å²) >= 11 is 0. The Labute approximate surface area is 212 Å². The van der Waals surface area contributed by atoms with Gasteiger partial charge in [0.15, 0.2) is 6.29 Å². The summed E-state index contributed by atoms with van der Waals surface area (Å²) in [6, 6.07) is 0. The van der Waals surface area contributed by atoms with Crippen LogP contribution in [0.15, 0.2) is 0 Å². The minimum atomic E-state index is -0.916. The molecule has 2 aliphatic heterocycles. The van der Waals surface area contributed by atoms with E-state index in [4.69, 9.17) is 37.9 Å². The molecule has 2 aliphatic rings. The fourth-order valence-electron chi connectivity index (χ4n) is 5.01. The lowest BCUT2D eigenvalue weighted by molar-refractivity contribution is -0.196. The highest BCUT2D eigenvalue weighted by atomic mass is 16.7. The first-order valence-corrected chi connectivity index (χ1v) is 13.2. The van der Waals surface area contributed by atoms with Gasteiger partial charge in [0, 0.05) is 34.0 Å². The Morgan fingerprint density at radius 3 is 2.20 bits per heavy atom. The maximum absolute atomic E-state index is 11.2. The summed E-state index contributed by atoms with van der Waals surface area (Å²) in [5, 5.41) is 11.2. The third-order valence-electron chi connectivity index (χ3n) is 7.16. The second-order valence-electron chi connectivity index (χ2n) is 10.1. The Bertz CT molecular complexity index is 561. The summed E-state index contributed by atoms with van der Waals surface area (Å²) in [5.74, 6) is 0. The van der Waals surface area contributed by atoms with E-state index in [0.717, 1.165) is 38.5 Å². The smallest absolute Gasteiger partial charge is 0.154 e. The highest BCUT2D eigenvalue weighted by Gasteiger charge is 2.47. The van der Waals surface area contributed by atoms with Gasteiger partial charge in [0.05, 0.1) is 35.6 Å². The Morgan fingerprint density at radius 1 is 0.886 bits per heavy atom. The Kier molecular flexibility index (Phi) is 13.9. The lowest BCUT2D eigenvalue weighted by Crippen LogP contribution is -2.44. The molecule has 0 aromatic carbocycles. The van der Waals surface area contributed by atoms with Crippen molar-refractivity contribution in [1.82, 2.24) is 0 Å². The van der Waals surface area contributed by atoms with E-state index in [0.29, 0.717) is 32.7 Å². The molecule has 1 unspecified atom stereocenters. The van der Waals surface area contributed by atoms with Gasteiger partial charge in [-0.15, -0.1) is 0 Å². The van der Waals surface area contributed by atoms with Crippen molar-refractivity contribution < 1.29 is 43.0 Å². The van der Waals surface area contributed by atoms with E-state index >= 15 is 0 Å². The average Bonchev–Trinajstić information content (AvgIpc) is 3.02. The van der Waals surface area contributed by atoms with E-state index in [9.17, 15) is 5.11 Å². The number of fused-ring (bicyclic) bond motifs is 1. The third kappa shape index (κ3) is 10.1. The van der Waals surface area contributed by atoms with Crippen LogP contribution in [0.4, 0.5) is 0 Å². The van der Waals surface area contributed by atoms with Crippen molar-refractivity contribution >= 4 is 0 Å². The van der Waals surface area contributed by atoms with Crippen molar-refractivity contribution in [3.05, 3.63) is 0 Å². The van der Waals surface area contributed by atoms with Gasteiger partial charge in [-0.3, -0.25) is 0 Å². The third-order valence-corrected chi connectivity index (χ3v) is 7.16. The summed E-state index contributed by atoms with van der Waals surface area (Å²) in [6.45, 7) is 10.1. The van der Waals surface area contributed by atoms with Gasteiger partial charge in [-0.25, -0.2) is 0 Å². The summed E-state index contributed by atoms with van der Waals surface area (Å²) in [5.41, 5.74) is -1.41. The molecule has 2 heterocycles. The molecule has 0 bridgehead atoms. The first-order chi connectivity index (χ1) is 16.8. The molecular weight excluding hydrogens is 456 g/mol. The number of aliphatic hydroxyl groups is 1. The molecule has 0 spiro atoms. The lowest BCUT2D eigenvalue weighted by atomic mass is 9.90. The van der Waals surface area contributed by atoms with Crippen molar-refractivity contribution in [3.8, 4) is 0 Å². The molecule has 0 amide bonds. The molecule has 7 atom stereocenters. The van der Waals surface area contributed by atoms with Crippen molar-refractivity contribution in [3.63, 3.8) is 0 Å². The number of hydrogen-bond acceptors (Lipinski definition) is 9. The van der Waals surface area contributed by atoms with Crippen LogP contribution in [0.25, 0.3) is 0 Å². The van der Waals surface area contributed by atoms with Gasteiger partial charge in [-0.2, -0.15) is 0 Å². The van der Waals surface area contributed by atoms with Crippen molar-refractivity contribution in [2.24, 2.45) is 0 Å². The molecule has 9 nitrogen and oxygen atoms in total. The van der Waals surface area contributed by atoms with E-state index < -0.39 is 11.2 Å². The SMILES string of the molecule is CCOC(C)OCCC[C@@H]1O[C@@H]2CC[C@](C)(OCOC)[C@@H](CCCOCOC)O[C@H]2CC[C@]1(C)O. The predicted octanol–water partition coefficient (Wildman–Crippen LogP) is 3.79. The highest BCUT2D eigenvalue weighted by Crippen LogP contribution is 2.40. The zero-order chi connectivity index (χ0) is 25.7. The van der Waals surface area contributed by atoms with E-state index in [1.54, 1.807) is 14.2 Å². The summed E-state index contributed by atoms with van der Waals surface area (Å²) in [4.78, 5) is 0. The van der Waals surface area contributed by atoms with Crippen molar-refractivity contribution in [2.75, 3.05) is 47.6 Å². The fraction of sp³-hybridized carbons (Fsp3) is 1.00. The number of methoxy groups -OCH3 is 2. The molecular formula is C26H50O9. The monoisotopic (exact) mass is 506 g/mol. The van der Waals surface area contributed by atoms with Crippen LogP contribution in [0.3, 0.4) is 0 Å². The largest absolute Gasteiger partial charge is 0.387 e. The standard InChI is InChI=1S/C26H50O9/c1-7-31-20(2)32-17-9-10-23-25(3,27)14-12-21-22(34-23)13-15-26(4,33-19-29-6)24(35-21)11-8-16-30-18-28-5/h20-24,27H,7-19H2,1-6H3/t20?,21-,22+,23-,24+,25-,26-/m0/s1. The Balaban J connectivity index is 2.02. The van der Waals surface area contributed by atoms with Crippen LogP contribution in [0.1, 0.15) is 79.1 Å². The Morgan fingerprint density at radius 2 is 1.51 bits per heavy atom. The molecule has 35 heavy (non-hydrogen) atoms. The second-order valence-corrected chi connectivity index (χ2v) is 10.1. The van der Waals surface area contributed by atoms with Gasteiger partial charge in [-0.1, -0.05) is 0 Å². The van der Waals surface area contributed by atoms with Crippen LogP contribution in [-0.4, -0.2) is 94.6 Å². The number of hydrogen-bond donors (Lipinski definition) is 1. The topological polar surface area (TPSA) is 94.1 Å². The minimum absolute atomic E-state index is 0.0986. The quantitative estimate of drug-likeness (QED) is 0.248. The van der Waals surface area contributed by atoms with Gasteiger partial charge in [0.25, 0.3) is 0 Å². The molecule has 1 N–H and O–H groups in total. The second kappa shape index (κ2) is 15.8. The molecule has 208 valence electrons. The maximum Gasteiger partial charge on any atom is 0.154 e. The molecule has 0 aromatic heterocycles. The molecule has 0 saturated carbocycles. The maximum atomic E-state index is 11.2. The molecule has 0 radical (unpaired) electrons. The minimum Gasteiger partial charge on any atom is -0.387 e. The predicted molar refractivity (Wildman–Crippen MR) is 131 cm³/mol. The van der Waals surface area contributed by atoms with Gasteiger partial charge < -0.3 is 43.0 Å². The zero-order valence-electron chi connectivity index (χ0n) is 22.8. The van der Waals surface area contributed by atoms with Crippen molar-refractivity contribution in [2.45, 2.75) is 121 Å². The van der Waals surface area contributed by atoms with Crippen LogP contribution in [-0.2, 0) is 37.9 Å². The van der Waals surface area contributed by atoms with E-state index in [1.807, 2.05) is 20.8 Å². The number of ether oxygens (including phenoxy) is 8. The van der Waals surface area contributed by atoms with Gasteiger partial charge in [-0.05, 0) is 79.1 Å². The summed E-state index contributed by atoms with van der Waals surface area (Å²) < 4.78 is 46.3. The zero-order valence-corrected chi connectivity index (χ0v) is 22.8.